The Morgan fingerprint density at radius 3 is 2.50 bits per heavy atom. The van der Waals surface area contributed by atoms with Crippen molar-refractivity contribution < 1.29 is 0 Å². The molecule has 1 aromatic heterocycles. The van der Waals surface area contributed by atoms with Gasteiger partial charge in [-0.15, -0.1) is 0 Å². The van der Waals surface area contributed by atoms with E-state index in [1.54, 1.807) is 13.0 Å². The molecule has 2 rings (SSSR count). The van der Waals surface area contributed by atoms with E-state index in [-0.39, 0.29) is 0 Å². The molecule has 0 fully saturated rings. The molecule has 0 atom stereocenters. The van der Waals surface area contributed by atoms with E-state index >= 15 is 0 Å². The molecular weight excluding hydrogens is 224 g/mol. The predicted octanol–water partition coefficient (Wildman–Crippen LogP) is 3.02. The fraction of sp³-hybridized carbons (Fsp3) is 0.214. The average Bonchev–Trinajstić information content (AvgIpc) is 2.33. The second-order valence-electron chi connectivity index (χ2n) is 4.22. The summed E-state index contributed by atoms with van der Waals surface area (Å²) in [6.45, 7) is 5.90. The van der Waals surface area contributed by atoms with Gasteiger partial charge in [-0.25, -0.2) is 9.97 Å². The minimum Gasteiger partial charge on any atom is -0.340 e. The maximum Gasteiger partial charge on any atom is 0.146 e. The zero-order valence-corrected chi connectivity index (χ0v) is 10.7. The van der Waals surface area contributed by atoms with Gasteiger partial charge < -0.3 is 5.32 Å². The van der Waals surface area contributed by atoms with Crippen LogP contribution in [0.15, 0.2) is 24.3 Å². The van der Waals surface area contributed by atoms with Crippen LogP contribution in [-0.4, -0.2) is 9.97 Å². The van der Waals surface area contributed by atoms with Gasteiger partial charge >= 0.3 is 0 Å². The summed E-state index contributed by atoms with van der Waals surface area (Å²) < 4.78 is 0. The molecule has 0 unspecified atom stereocenters. The van der Waals surface area contributed by atoms with Gasteiger partial charge in [0.15, 0.2) is 0 Å². The van der Waals surface area contributed by atoms with Crippen LogP contribution in [0.25, 0.3) is 0 Å². The normalized spacial score (nSPS) is 9.89. The lowest BCUT2D eigenvalue weighted by Crippen LogP contribution is -1.99. The molecule has 0 saturated carbocycles. The summed E-state index contributed by atoms with van der Waals surface area (Å²) in [5, 5.41) is 12.1. The zero-order valence-electron chi connectivity index (χ0n) is 10.7. The van der Waals surface area contributed by atoms with E-state index in [2.05, 4.69) is 41.3 Å². The minimum atomic E-state index is 0.369. The van der Waals surface area contributed by atoms with Gasteiger partial charge in [-0.05, 0) is 44.0 Å². The van der Waals surface area contributed by atoms with E-state index in [0.29, 0.717) is 17.3 Å². The summed E-state index contributed by atoms with van der Waals surface area (Å²) in [7, 11) is 0. The number of nitrogens with one attached hydrogen (secondary N) is 1. The molecule has 4 nitrogen and oxygen atoms in total. The second kappa shape index (κ2) is 4.84. The van der Waals surface area contributed by atoms with Crippen molar-refractivity contribution in [3.63, 3.8) is 0 Å². The Bertz CT molecular complexity index is 626. The first-order valence-electron chi connectivity index (χ1n) is 5.68. The van der Waals surface area contributed by atoms with Crippen LogP contribution in [0.4, 0.5) is 11.5 Å². The molecule has 0 radical (unpaired) electrons. The molecule has 1 N–H and O–H groups in total. The van der Waals surface area contributed by atoms with Crippen LogP contribution in [0.3, 0.4) is 0 Å². The van der Waals surface area contributed by atoms with Gasteiger partial charge in [-0.2, -0.15) is 5.26 Å². The van der Waals surface area contributed by atoms with Crippen molar-refractivity contribution in [2.45, 2.75) is 20.8 Å². The molecule has 4 heteroatoms. The lowest BCUT2D eigenvalue weighted by molar-refractivity contribution is 1.04. The Morgan fingerprint density at radius 1 is 1.06 bits per heavy atom. The molecule has 1 heterocycles. The Labute approximate surface area is 106 Å². The van der Waals surface area contributed by atoms with Gasteiger partial charge in [-0.1, -0.05) is 6.07 Å². The molecule has 0 saturated heterocycles. The first-order valence-corrected chi connectivity index (χ1v) is 5.68. The summed E-state index contributed by atoms with van der Waals surface area (Å²) in [5.41, 5.74) is 3.79. The van der Waals surface area contributed by atoms with Crippen molar-refractivity contribution in [1.82, 2.24) is 9.97 Å². The van der Waals surface area contributed by atoms with Gasteiger partial charge in [0.2, 0.25) is 0 Å². The molecule has 0 bridgehead atoms. The lowest BCUT2D eigenvalue weighted by Gasteiger charge is -2.08. The van der Waals surface area contributed by atoms with Crippen LogP contribution >= 0.6 is 0 Å². The van der Waals surface area contributed by atoms with Crippen LogP contribution in [0.2, 0.25) is 0 Å². The molecule has 0 spiro atoms. The maximum atomic E-state index is 8.87. The van der Waals surface area contributed by atoms with Crippen LogP contribution in [0.5, 0.6) is 0 Å². The van der Waals surface area contributed by atoms with E-state index in [1.165, 1.54) is 11.1 Å². The molecule has 1 aromatic carbocycles. The Morgan fingerprint density at radius 2 is 1.83 bits per heavy atom. The number of aromatic nitrogens is 2. The molecule has 0 aliphatic rings. The first-order chi connectivity index (χ1) is 8.58. The van der Waals surface area contributed by atoms with Gasteiger partial charge in [-0.3, -0.25) is 0 Å². The van der Waals surface area contributed by atoms with Gasteiger partial charge in [0, 0.05) is 11.8 Å². The third kappa shape index (κ3) is 2.64. The Hall–Kier alpha value is -2.41. The van der Waals surface area contributed by atoms with Crippen LogP contribution in [0.1, 0.15) is 22.6 Å². The smallest absolute Gasteiger partial charge is 0.146 e. The van der Waals surface area contributed by atoms with E-state index in [9.17, 15) is 0 Å². The first kappa shape index (κ1) is 12.1. The van der Waals surface area contributed by atoms with Crippen LogP contribution in [0, 0.1) is 32.1 Å². The highest BCUT2D eigenvalue weighted by atomic mass is 15.0. The minimum absolute atomic E-state index is 0.369. The molecule has 90 valence electrons. The highest BCUT2D eigenvalue weighted by Crippen LogP contribution is 2.18. The Balaban J connectivity index is 2.31. The van der Waals surface area contributed by atoms with Crippen LogP contribution in [-0.2, 0) is 0 Å². The standard InChI is InChI=1S/C14H14N4/c1-9-4-5-12(6-10(9)2)18-14-7-13(8-15)16-11(3)17-14/h4-7H,1-3H3,(H,16,17,18). The number of aryl methyl sites for hydroxylation is 3. The fourth-order valence-corrected chi connectivity index (χ4v) is 1.66. The Kier molecular flexibility index (Phi) is 3.24. The number of rotatable bonds is 2. The average molecular weight is 238 g/mol. The summed E-state index contributed by atoms with van der Waals surface area (Å²) in [5.74, 6) is 1.22. The fourth-order valence-electron chi connectivity index (χ4n) is 1.66. The van der Waals surface area contributed by atoms with Crippen molar-refractivity contribution in [1.29, 1.82) is 5.26 Å². The van der Waals surface area contributed by atoms with E-state index in [0.717, 1.165) is 5.69 Å². The molecule has 2 aromatic rings. The zero-order chi connectivity index (χ0) is 13.1. The number of hydrogen-bond donors (Lipinski definition) is 1. The quantitative estimate of drug-likeness (QED) is 0.873. The number of benzene rings is 1. The molecule has 18 heavy (non-hydrogen) atoms. The van der Waals surface area contributed by atoms with E-state index in [4.69, 9.17) is 5.26 Å². The number of nitriles is 1. The van der Waals surface area contributed by atoms with E-state index < -0.39 is 0 Å². The third-order valence-electron chi connectivity index (χ3n) is 2.73. The van der Waals surface area contributed by atoms with Crippen molar-refractivity contribution in [3.8, 4) is 6.07 Å². The summed E-state index contributed by atoms with van der Waals surface area (Å²) >= 11 is 0. The molecule has 0 aliphatic heterocycles. The largest absolute Gasteiger partial charge is 0.340 e. The number of nitrogens with zero attached hydrogens (tertiary/aromatic N) is 3. The molecule has 0 amide bonds. The SMILES string of the molecule is Cc1nc(C#N)cc(Nc2ccc(C)c(C)c2)n1. The van der Waals surface area contributed by atoms with Gasteiger partial charge in [0.1, 0.15) is 23.4 Å². The van der Waals surface area contributed by atoms with Gasteiger partial charge in [0.05, 0.1) is 0 Å². The maximum absolute atomic E-state index is 8.87. The predicted molar refractivity (Wildman–Crippen MR) is 70.7 cm³/mol. The molecule has 0 aliphatic carbocycles. The van der Waals surface area contributed by atoms with E-state index in [1.807, 2.05) is 12.1 Å². The van der Waals surface area contributed by atoms with Crippen molar-refractivity contribution in [2.75, 3.05) is 5.32 Å². The summed E-state index contributed by atoms with van der Waals surface area (Å²) in [4.78, 5) is 8.27. The number of anilines is 2. The highest BCUT2D eigenvalue weighted by Gasteiger charge is 2.02. The summed E-state index contributed by atoms with van der Waals surface area (Å²) in [6, 6.07) is 9.76. The van der Waals surface area contributed by atoms with Gasteiger partial charge in [0.25, 0.3) is 0 Å². The van der Waals surface area contributed by atoms with Crippen LogP contribution < -0.4 is 5.32 Å². The van der Waals surface area contributed by atoms with Crippen molar-refractivity contribution in [2.24, 2.45) is 0 Å². The van der Waals surface area contributed by atoms with Crippen molar-refractivity contribution >= 4 is 11.5 Å². The highest BCUT2D eigenvalue weighted by molar-refractivity contribution is 5.58. The third-order valence-corrected chi connectivity index (χ3v) is 2.73. The topological polar surface area (TPSA) is 61.6 Å². The lowest BCUT2D eigenvalue weighted by atomic mass is 10.1. The summed E-state index contributed by atoms with van der Waals surface area (Å²) in [6.07, 6.45) is 0. The molecular formula is C14H14N4. The van der Waals surface area contributed by atoms with Crippen molar-refractivity contribution in [3.05, 3.63) is 46.9 Å². The second-order valence-corrected chi connectivity index (χ2v) is 4.22. The number of hydrogen-bond acceptors (Lipinski definition) is 4. The monoisotopic (exact) mass is 238 g/mol.